The Morgan fingerprint density at radius 3 is 2.88 bits per heavy atom. The number of rotatable bonds is 4. The van der Waals surface area contributed by atoms with Crippen molar-refractivity contribution in [2.75, 3.05) is 6.54 Å². The fourth-order valence-electron chi connectivity index (χ4n) is 2.56. The van der Waals surface area contributed by atoms with Crippen molar-refractivity contribution in [3.05, 3.63) is 29.8 Å². The Morgan fingerprint density at radius 2 is 2.18 bits per heavy atom. The van der Waals surface area contributed by atoms with Gasteiger partial charge in [0.05, 0.1) is 0 Å². The fourth-order valence-corrected chi connectivity index (χ4v) is 2.56. The second-order valence-electron chi connectivity index (χ2n) is 4.28. The molecule has 0 amide bonds. The third-order valence-electron chi connectivity index (χ3n) is 3.32. The topological polar surface area (TPSA) is 21.3 Å². The number of alkyl halides is 2. The van der Waals surface area contributed by atoms with Crippen LogP contribution in [0.3, 0.4) is 0 Å². The summed E-state index contributed by atoms with van der Waals surface area (Å²) in [5.74, 6) is 0.588. The van der Waals surface area contributed by atoms with Crippen molar-refractivity contribution in [1.82, 2.24) is 5.32 Å². The van der Waals surface area contributed by atoms with Gasteiger partial charge in [-0.1, -0.05) is 25.1 Å². The van der Waals surface area contributed by atoms with Gasteiger partial charge >= 0.3 is 6.61 Å². The molecule has 2 rings (SSSR count). The summed E-state index contributed by atoms with van der Waals surface area (Å²) in [6, 6.07) is 7.46. The van der Waals surface area contributed by atoms with Gasteiger partial charge in [0, 0.05) is 12.0 Å². The molecular formula is C13H17F2NO. The highest BCUT2D eigenvalue weighted by Gasteiger charge is 2.29. The van der Waals surface area contributed by atoms with Crippen LogP contribution in [0.15, 0.2) is 24.3 Å². The van der Waals surface area contributed by atoms with Crippen LogP contribution in [0, 0.1) is 0 Å². The lowest BCUT2D eigenvalue weighted by molar-refractivity contribution is -0.0506. The SMILES string of the molecule is CCC1NCCC1c1ccccc1OC(F)F. The summed E-state index contributed by atoms with van der Waals surface area (Å²) in [6.07, 6.45) is 1.97. The van der Waals surface area contributed by atoms with Crippen molar-refractivity contribution < 1.29 is 13.5 Å². The van der Waals surface area contributed by atoms with E-state index < -0.39 is 6.61 Å². The molecule has 1 fully saturated rings. The number of halogens is 2. The van der Waals surface area contributed by atoms with E-state index in [0.717, 1.165) is 24.9 Å². The van der Waals surface area contributed by atoms with Crippen molar-refractivity contribution in [2.45, 2.75) is 38.3 Å². The maximum absolute atomic E-state index is 12.3. The monoisotopic (exact) mass is 241 g/mol. The number of nitrogens with one attached hydrogen (secondary N) is 1. The van der Waals surface area contributed by atoms with E-state index in [-0.39, 0.29) is 5.92 Å². The fraction of sp³-hybridized carbons (Fsp3) is 0.538. The zero-order valence-electron chi connectivity index (χ0n) is 9.83. The average molecular weight is 241 g/mol. The number of hydrogen-bond acceptors (Lipinski definition) is 2. The number of hydrogen-bond donors (Lipinski definition) is 1. The lowest BCUT2D eigenvalue weighted by Crippen LogP contribution is -2.25. The standard InChI is InChI=1S/C13H17F2NO/c1-2-11-9(7-8-16-11)10-5-3-4-6-12(10)17-13(14)15/h3-6,9,11,13,16H,2,7-8H2,1H3. The molecule has 17 heavy (non-hydrogen) atoms. The molecule has 1 heterocycles. The molecule has 0 bridgehead atoms. The van der Waals surface area contributed by atoms with Gasteiger partial charge in [-0.25, -0.2) is 0 Å². The highest BCUT2D eigenvalue weighted by molar-refractivity contribution is 5.37. The van der Waals surface area contributed by atoms with Gasteiger partial charge in [0.1, 0.15) is 5.75 Å². The summed E-state index contributed by atoms with van der Waals surface area (Å²) < 4.78 is 29.2. The van der Waals surface area contributed by atoms with E-state index in [1.807, 2.05) is 12.1 Å². The molecule has 0 aromatic heterocycles. The van der Waals surface area contributed by atoms with Crippen molar-refractivity contribution in [3.8, 4) is 5.75 Å². The van der Waals surface area contributed by atoms with E-state index in [0.29, 0.717) is 11.8 Å². The van der Waals surface area contributed by atoms with Crippen molar-refractivity contribution >= 4 is 0 Å². The minimum atomic E-state index is -2.76. The Hall–Kier alpha value is -1.16. The van der Waals surface area contributed by atoms with Gasteiger partial charge in [-0.05, 0) is 31.0 Å². The third-order valence-corrected chi connectivity index (χ3v) is 3.32. The molecule has 1 N–H and O–H groups in total. The average Bonchev–Trinajstić information content (AvgIpc) is 2.77. The maximum atomic E-state index is 12.3. The zero-order chi connectivity index (χ0) is 12.3. The minimum absolute atomic E-state index is 0.273. The zero-order valence-corrected chi connectivity index (χ0v) is 9.83. The molecule has 1 aromatic carbocycles. The molecule has 2 atom stereocenters. The van der Waals surface area contributed by atoms with Crippen molar-refractivity contribution in [1.29, 1.82) is 0 Å². The first-order valence-corrected chi connectivity index (χ1v) is 5.99. The Bertz CT molecular complexity index is 370. The van der Waals surface area contributed by atoms with Crippen LogP contribution < -0.4 is 10.1 Å². The van der Waals surface area contributed by atoms with Gasteiger partial charge in [0.25, 0.3) is 0 Å². The Morgan fingerprint density at radius 1 is 1.41 bits per heavy atom. The van der Waals surface area contributed by atoms with E-state index in [1.54, 1.807) is 12.1 Å². The lowest BCUT2D eigenvalue weighted by atomic mass is 9.90. The molecule has 0 aliphatic carbocycles. The highest BCUT2D eigenvalue weighted by atomic mass is 19.3. The maximum Gasteiger partial charge on any atom is 0.387 e. The molecule has 94 valence electrons. The summed E-state index contributed by atoms with van der Waals surface area (Å²) in [7, 11) is 0. The smallest absolute Gasteiger partial charge is 0.387 e. The van der Waals surface area contributed by atoms with E-state index >= 15 is 0 Å². The van der Waals surface area contributed by atoms with Crippen LogP contribution in [0.25, 0.3) is 0 Å². The van der Waals surface area contributed by atoms with Crippen LogP contribution in [0.5, 0.6) is 5.75 Å². The summed E-state index contributed by atoms with van der Waals surface area (Å²) in [5, 5.41) is 3.39. The molecular weight excluding hydrogens is 224 g/mol. The van der Waals surface area contributed by atoms with Gasteiger partial charge in [0.15, 0.2) is 0 Å². The Labute approximate surface area is 100.0 Å². The van der Waals surface area contributed by atoms with Crippen LogP contribution in [-0.4, -0.2) is 19.2 Å². The van der Waals surface area contributed by atoms with Crippen LogP contribution >= 0.6 is 0 Å². The van der Waals surface area contributed by atoms with Gasteiger partial charge in [-0.3, -0.25) is 0 Å². The molecule has 1 aromatic rings. The normalized spacial score (nSPS) is 24.2. The first-order valence-electron chi connectivity index (χ1n) is 5.99. The van der Waals surface area contributed by atoms with Crippen LogP contribution in [-0.2, 0) is 0 Å². The van der Waals surface area contributed by atoms with Crippen molar-refractivity contribution in [2.24, 2.45) is 0 Å². The third kappa shape index (κ3) is 2.75. The Balaban J connectivity index is 2.24. The molecule has 4 heteroatoms. The predicted molar refractivity (Wildman–Crippen MR) is 62.5 cm³/mol. The minimum Gasteiger partial charge on any atom is -0.435 e. The number of para-hydroxylation sites is 1. The van der Waals surface area contributed by atoms with Gasteiger partial charge in [0.2, 0.25) is 0 Å². The second kappa shape index (κ2) is 5.45. The second-order valence-corrected chi connectivity index (χ2v) is 4.28. The lowest BCUT2D eigenvalue weighted by Gasteiger charge is -2.21. The molecule has 1 saturated heterocycles. The number of ether oxygens (including phenoxy) is 1. The van der Waals surface area contributed by atoms with E-state index in [2.05, 4.69) is 17.0 Å². The molecule has 1 aliphatic rings. The van der Waals surface area contributed by atoms with Crippen molar-refractivity contribution in [3.63, 3.8) is 0 Å². The predicted octanol–water partition coefficient (Wildman–Crippen LogP) is 3.14. The summed E-state index contributed by atoms with van der Waals surface area (Å²) >= 11 is 0. The van der Waals surface area contributed by atoms with E-state index in [1.165, 1.54) is 0 Å². The van der Waals surface area contributed by atoms with E-state index in [4.69, 9.17) is 0 Å². The molecule has 2 unspecified atom stereocenters. The quantitative estimate of drug-likeness (QED) is 0.874. The molecule has 0 spiro atoms. The van der Waals surface area contributed by atoms with E-state index in [9.17, 15) is 8.78 Å². The van der Waals surface area contributed by atoms with Crippen LogP contribution in [0.4, 0.5) is 8.78 Å². The summed E-state index contributed by atoms with van der Waals surface area (Å²) in [4.78, 5) is 0. The van der Waals surface area contributed by atoms with Crippen LogP contribution in [0.2, 0.25) is 0 Å². The van der Waals surface area contributed by atoms with Gasteiger partial charge in [-0.15, -0.1) is 0 Å². The molecule has 1 aliphatic heterocycles. The summed E-state index contributed by atoms with van der Waals surface area (Å²) in [5.41, 5.74) is 0.893. The van der Waals surface area contributed by atoms with Gasteiger partial charge < -0.3 is 10.1 Å². The Kier molecular flexibility index (Phi) is 3.94. The molecule has 0 radical (unpaired) electrons. The molecule has 0 saturated carbocycles. The highest BCUT2D eigenvalue weighted by Crippen LogP contribution is 2.35. The largest absolute Gasteiger partial charge is 0.435 e. The van der Waals surface area contributed by atoms with Crippen LogP contribution in [0.1, 0.15) is 31.2 Å². The van der Waals surface area contributed by atoms with Gasteiger partial charge in [-0.2, -0.15) is 8.78 Å². The first kappa shape index (κ1) is 12.3. The number of benzene rings is 1. The first-order chi connectivity index (χ1) is 8.22. The summed E-state index contributed by atoms with van der Waals surface area (Å²) in [6.45, 7) is 0.282. The molecule has 2 nitrogen and oxygen atoms in total.